The van der Waals surface area contributed by atoms with Gasteiger partial charge in [0, 0.05) is 45.6 Å². The Kier molecular flexibility index (Phi) is 8.64. The van der Waals surface area contributed by atoms with Gasteiger partial charge < -0.3 is 9.47 Å². The molecule has 0 saturated carbocycles. The van der Waals surface area contributed by atoms with E-state index in [9.17, 15) is 0 Å². The molecule has 2 heteroatoms. The molecule has 2 nitrogen and oxygen atoms in total. The minimum Gasteiger partial charge on any atom is -0.344 e. The molecule has 0 unspecified atom stereocenters. The van der Waals surface area contributed by atoms with E-state index < -0.39 is 0 Å². The van der Waals surface area contributed by atoms with E-state index in [1.165, 1.54) is 98.7 Å². The van der Waals surface area contributed by atoms with Crippen LogP contribution in [0.4, 0.5) is 17.1 Å². The average Bonchev–Trinajstić information content (AvgIpc) is 3.60. The smallest absolute Gasteiger partial charge is 0.0540 e. The van der Waals surface area contributed by atoms with Crippen molar-refractivity contribution in [3.05, 3.63) is 234 Å². The van der Waals surface area contributed by atoms with Gasteiger partial charge in [0.2, 0.25) is 0 Å². The maximum atomic E-state index is 2.44. The van der Waals surface area contributed by atoms with Crippen molar-refractivity contribution in [3.8, 4) is 0 Å². The summed E-state index contributed by atoms with van der Waals surface area (Å²) in [5.74, 6) is 0. The first-order valence-corrected chi connectivity index (χ1v) is 21.8. The molecule has 0 N–H and O–H groups in total. The Morgan fingerprint density at radius 1 is 0.581 bits per heavy atom. The number of hydrogen-bond acceptors (Lipinski definition) is 1. The van der Waals surface area contributed by atoms with E-state index in [0.717, 1.165) is 36.3 Å². The van der Waals surface area contributed by atoms with Gasteiger partial charge in [-0.05, 0) is 145 Å². The van der Waals surface area contributed by atoms with Crippen LogP contribution < -0.4 is 4.90 Å². The Labute approximate surface area is 362 Å². The number of hydrogen-bond donors (Lipinski definition) is 0. The second kappa shape index (κ2) is 14.8. The van der Waals surface area contributed by atoms with Crippen LogP contribution in [-0.4, -0.2) is 4.57 Å². The van der Waals surface area contributed by atoms with Gasteiger partial charge in [-0.2, -0.15) is 0 Å². The van der Waals surface area contributed by atoms with E-state index >= 15 is 0 Å². The molecule has 0 saturated heterocycles. The summed E-state index contributed by atoms with van der Waals surface area (Å²) in [6, 6.07) is 69.4. The lowest BCUT2D eigenvalue weighted by atomic mass is 9.80. The maximum Gasteiger partial charge on any atom is 0.0540 e. The first kappa shape index (κ1) is 36.2. The van der Waals surface area contributed by atoms with Gasteiger partial charge in [-0.3, -0.25) is 0 Å². The van der Waals surface area contributed by atoms with Crippen molar-refractivity contribution in [2.24, 2.45) is 7.05 Å². The lowest BCUT2D eigenvalue weighted by molar-refractivity contribution is 1.01. The molecule has 0 fully saturated rings. The van der Waals surface area contributed by atoms with Gasteiger partial charge >= 0.3 is 0 Å². The molecule has 294 valence electrons. The van der Waals surface area contributed by atoms with Gasteiger partial charge in [0.15, 0.2) is 0 Å². The van der Waals surface area contributed by atoms with Crippen LogP contribution in [0.1, 0.15) is 39.8 Å². The highest BCUT2D eigenvalue weighted by Gasteiger charge is 2.22. The number of anilines is 3. The molecule has 0 atom stereocenters. The van der Waals surface area contributed by atoms with E-state index in [-0.39, 0.29) is 0 Å². The van der Waals surface area contributed by atoms with Crippen molar-refractivity contribution in [2.75, 3.05) is 4.90 Å². The molecule has 2 aliphatic carbocycles. The molecule has 0 spiro atoms. The first-order valence-electron chi connectivity index (χ1n) is 21.8. The number of aryl methyl sites for hydroxylation is 1. The molecule has 9 aromatic carbocycles. The van der Waals surface area contributed by atoms with Crippen LogP contribution >= 0.6 is 0 Å². The Morgan fingerprint density at radius 3 is 2.21 bits per heavy atom. The largest absolute Gasteiger partial charge is 0.344 e. The summed E-state index contributed by atoms with van der Waals surface area (Å²) in [6.45, 7) is 0. The zero-order chi connectivity index (χ0) is 41.1. The molecule has 1 heterocycles. The van der Waals surface area contributed by atoms with Crippen molar-refractivity contribution < 1.29 is 0 Å². The van der Waals surface area contributed by atoms with Crippen molar-refractivity contribution >= 4 is 94.5 Å². The quantitative estimate of drug-likeness (QED) is 0.146. The fourth-order valence-electron chi connectivity index (χ4n) is 10.2. The van der Waals surface area contributed by atoms with E-state index in [1.807, 2.05) is 0 Å². The van der Waals surface area contributed by atoms with Gasteiger partial charge in [0.1, 0.15) is 0 Å². The molecule has 62 heavy (non-hydrogen) atoms. The molecule has 0 aliphatic heterocycles. The number of benzene rings is 8. The molecule has 2 bridgehead atoms. The minimum atomic E-state index is 0.828. The Hall–Kier alpha value is -7.68. The van der Waals surface area contributed by atoms with Crippen LogP contribution in [0.2, 0.25) is 0 Å². The third-order valence-corrected chi connectivity index (χ3v) is 13.3. The number of fused-ring (bicyclic) bond motifs is 4. The summed E-state index contributed by atoms with van der Waals surface area (Å²) in [5, 5.41) is 10.2. The molecule has 2 aliphatic rings. The third-order valence-electron chi connectivity index (χ3n) is 13.3. The second-order valence-electron chi connectivity index (χ2n) is 16.9. The second-order valence-corrected chi connectivity index (χ2v) is 16.9. The standard InChI is InChI=1S/C60H44N2/c1-61-56-32-28-46(48(35-40-13-7-4-8-14-40)37-47-25-24-45-23-22-43-17-12-18-44-26-31-51(47)60(45)59(43)44)38-54(56)55-39-50(29-34-57(55)61)62(49-19-10-5-11-20-49)58-33-27-42-16-9-3-2-6-15-41-21-30-52(58)53(42)36-41/h2-16,18-22,24-36,38-39H,17,23,37H2,1H3. The predicted molar refractivity (Wildman–Crippen MR) is 266 cm³/mol. The van der Waals surface area contributed by atoms with Crippen LogP contribution in [-0.2, 0) is 19.9 Å². The number of allylic oxidation sites excluding steroid dienone is 4. The average molecular weight is 793 g/mol. The molecular formula is C60H44N2. The third kappa shape index (κ3) is 6.10. The lowest BCUT2D eigenvalue weighted by Crippen LogP contribution is -2.10. The first-order chi connectivity index (χ1) is 30.6. The zero-order valence-corrected chi connectivity index (χ0v) is 34.7. The van der Waals surface area contributed by atoms with E-state index in [0.29, 0.717) is 0 Å². The fraction of sp³-hybridized carbons (Fsp3) is 0.0667. The zero-order valence-electron chi connectivity index (χ0n) is 34.7. The number of nitrogens with zero attached hydrogens (tertiary/aromatic N) is 2. The molecular weight excluding hydrogens is 749 g/mol. The van der Waals surface area contributed by atoms with Crippen LogP contribution in [0.5, 0.6) is 0 Å². The predicted octanol–water partition coefficient (Wildman–Crippen LogP) is 16.0. The number of para-hydroxylation sites is 1. The highest BCUT2D eigenvalue weighted by molar-refractivity contribution is 6.13. The fourth-order valence-corrected chi connectivity index (χ4v) is 10.2. The Balaban J connectivity index is 1.03. The normalized spacial score (nSPS) is 13.3. The van der Waals surface area contributed by atoms with Gasteiger partial charge in [0.25, 0.3) is 0 Å². The summed E-state index contributed by atoms with van der Waals surface area (Å²) in [6.07, 6.45) is 12.3. The molecule has 12 rings (SSSR count). The summed E-state index contributed by atoms with van der Waals surface area (Å²) < 4.78 is 2.35. The number of rotatable bonds is 7. The highest BCUT2D eigenvalue weighted by Crippen LogP contribution is 2.44. The summed E-state index contributed by atoms with van der Waals surface area (Å²) in [5.41, 5.74) is 16.7. The summed E-state index contributed by atoms with van der Waals surface area (Å²) in [4.78, 5) is 2.43. The van der Waals surface area contributed by atoms with E-state index in [1.54, 1.807) is 0 Å². The van der Waals surface area contributed by atoms with Gasteiger partial charge in [-0.25, -0.2) is 0 Å². The molecule has 10 aromatic rings. The monoisotopic (exact) mass is 792 g/mol. The van der Waals surface area contributed by atoms with Gasteiger partial charge in [-0.15, -0.1) is 0 Å². The molecule has 0 radical (unpaired) electrons. The van der Waals surface area contributed by atoms with Crippen LogP contribution in [0.15, 0.2) is 200 Å². The van der Waals surface area contributed by atoms with E-state index in [2.05, 4.69) is 229 Å². The van der Waals surface area contributed by atoms with Crippen LogP contribution in [0.25, 0.3) is 77.4 Å². The summed E-state index contributed by atoms with van der Waals surface area (Å²) in [7, 11) is 2.20. The Morgan fingerprint density at radius 2 is 1.34 bits per heavy atom. The lowest BCUT2D eigenvalue weighted by Gasteiger charge is -2.27. The maximum absolute atomic E-state index is 2.44. The molecule has 1 aromatic heterocycles. The van der Waals surface area contributed by atoms with Gasteiger partial charge in [-0.1, -0.05) is 158 Å². The van der Waals surface area contributed by atoms with Crippen molar-refractivity contribution in [3.63, 3.8) is 0 Å². The SMILES string of the molecule is Cn1c2ccc(C(=Cc3ccccc3)Cc3ccc4c5c6c(ccc35)C=CCC6=CC4)cc2c2cc(N(c3ccccc3)c3ccc4ccccccc5ccc3c4c5)ccc21. The number of aromatic nitrogens is 1. The highest BCUT2D eigenvalue weighted by atomic mass is 15.1. The topological polar surface area (TPSA) is 8.17 Å². The van der Waals surface area contributed by atoms with Crippen LogP contribution in [0.3, 0.4) is 0 Å². The van der Waals surface area contributed by atoms with Crippen molar-refractivity contribution in [2.45, 2.75) is 19.3 Å². The van der Waals surface area contributed by atoms with Crippen LogP contribution in [0, 0.1) is 0 Å². The Bertz CT molecular complexity index is 3550. The van der Waals surface area contributed by atoms with Gasteiger partial charge in [0.05, 0.1) is 5.69 Å². The van der Waals surface area contributed by atoms with E-state index in [4.69, 9.17) is 0 Å². The summed E-state index contributed by atoms with van der Waals surface area (Å²) >= 11 is 0. The van der Waals surface area contributed by atoms with Crippen molar-refractivity contribution in [1.82, 2.24) is 4.57 Å². The molecule has 0 amide bonds. The minimum absolute atomic E-state index is 0.828. The van der Waals surface area contributed by atoms with Crippen molar-refractivity contribution in [1.29, 1.82) is 0 Å².